The fraction of sp³-hybridized carbons (Fsp3) is 0.846. The van der Waals surface area contributed by atoms with Gasteiger partial charge in [-0.15, -0.1) is 0 Å². The van der Waals surface area contributed by atoms with E-state index in [1.54, 1.807) is 6.92 Å². The zero-order valence-corrected chi connectivity index (χ0v) is 12.3. The smallest absolute Gasteiger partial charge is 0.240 e. The van der Waals surface area contributed by atoms with Crippen LogP contribution < -0.4 is 5.32 Å². The van der Waals surface area contributed by atoms with Gasteiger partial charge in [0.05, 0.1) is 32.5 Å². The molecule has 0 fully saturated rings. The normalized spacial score (nSPS) is 12.8. The van der Waals surface area contributed by atoms with Crippen molar-refractivity contribution < 1.29 is 19.1 Å². The van der Waals surface area contributed by atoms with Gasteiger partial charge < -0.3 is 24.4 Å². The standard InChI is InChI=1S/C13H25N3O4/c1-3-4-5-18-6-7-19-10-12(17)8-14-9-13-15-11(2)16-20-13/h12,14,17H,3-10H2,1-2H3. The summed E-state index contributed by atoms with van der Waals surface area (Å²) in [5, 5.41) is 16.4. The average Bonchev–Trinajstić information content (AvgIpc) is 2.83. The second-order valence-corrected chi connectivity index (χ2v) is 4.56. The number of hydrogen-bond donors (Lipinski definition) is 2. The monoisotopic (exact) mass is 287 g/mol. The molecule has 1 rings (SSSR count). The van der Waals surface area contributed by atoms with Crippen LogP contribution in [0, 0.1) is 6.92 Å². The van der Waals surface area contributed by atoms with E-state index < -0.39 is 6.10 Å². The van der Waals surface area contributed by atoms with Crippen LogP contribution in [0.4, 0.5) is 0 Å². The summed E-state index contributed by atoms with van der Waals surface area (Å²) in [4.78, 5) is 4.05. The Labute approximate surface area is 119 Å². The van der Waals surface area contributed by atoms with Gasteiger partial charge in [0.2, 0.25) is 5.89 Å². The van der Waals surface area contributed by atoms with Crippen molar-refractivity contribution in [3.63, 3.8) is 0 Å². The van der Waals surface area contributed by atoms with E-state index in [4.69, 9.17) is 14.0 Å². The summed E-state index contributed by atoms with van der Waals surface area (Å²) in [6.07, 6.45) is 1.64. The van der Waals surface area contributed by atoms with Crippen molar-refractivity contribution in [3.8, 4) is 0 Å². The lowest BCUT2D eigenvalue weighted by atomic mass is 10.4. The van der Waals surface area contributed by atoms with Gasteiger partial charge in [-0.2, -0.15) is 4.98 Å². The van der Waals surface area contributed by atoms with E-state index in [0.717, 1.165) is 19.4 Å². The first kappa shape index (κ1) is 17.0. The molecule has 0 amide bonds. The summed E-state index contributed by atoms with van der Waals surface area (Å²) >= 11 is 0. The summed E-state index contributed by atoms with van der Waals surface area (Å²) in [7, 11) is 0. The van der Waals surface area contributed by atoms with Gasteiger partial charge >= 0.3 is 0 Å². The predicted molar refractivity (Wildman–Crippen MR) is 73.3 cm³/mol. The zero-order valence-electron chi connectivity index (χ0n) is 12.3. The highest BCUT2D eigenvalue weighted by Gasteiger charge is 2.06. The summed E-state index contributed by atoms with van der Waals surface area (Å²) < 4.78 is 15.6. The van der Waals surface area contributed by atoms with Crippen LogP contribution in [0.5, 0.6) is 0 Å². The number of rotatable bonds is 12. The van der Waals surface area contributed by atoms with Gasteiger partial charge in [0, 0.05) is 13.2 Å². The molecule has 1 heterocycles. The van der Waals surface area contributed by atoms with Crippen LogP contribution in [0.1, 0.15) is 31.5 Å². The van der Waals surface area contributed by atoms with Crippen molar-refractivity contribution in [1.29, 1.82) is 0 Å². The fourth-order valence-corrected chi connectivity index (χ4v) is 1.50. The molecule has 1 aromatic rings. The molecule has 1 unspecified atom stereocenters. The zero-order chi connectivity index (χ0) is 14.6. The van der Waals surface area contributed by atoms with Crippen molar-refractivity contribution in [2.45, 2.75) is 39.3 Å². The Kier molecular flexibility index (Phi) is 9.14. The molecule has 1 atom stereocenters. The highest BCUT2D eigenvalue weighted by molar-refractivity contribution is 4.81. The Morgan fingerprint density at radius 2 is 2.10 bits per heavy atom. The minimum atomic E-state index is -0.560. The van der Waals surface area contributed by atoms with Crippen molar-refractivity contribution in [3.05, 3.63) is 11.7 Å². The minimum Gasteiger partial charge on any atom is -0.389 e. The van der Waals surface area contributed by atoms with Crippen molar-refractivity contribution in [1.82, 2.24) is 15.5 Å². The molecule has 2 N–H and O–H groups in total. The molecule has 0 saturated carbocycles. The highest BCUT2D eigenvalue weighted by atomic mass is 16.5. The molecular weight excluding hydrogens is 262 g/mol. The van der Waals surface area contributed by atoms with E-state index in [1.165, 1.54) is 0 Å². The molecule has 7 heteroatoms. The molecule has 0 radical (unpaired) electrons. The highest BCUT2D eigenvalue weighted by Crippen LogP contribution is 1.95. The third kappa shape index (κ3) is 8.21. The van der Waals surface area contributed by atoms with Crippen LogP contribution in [0.25, 0.3) is 0 Å². The number of aliphatic hydroxyl groups is 1. The molecule has 1 aromatic heterocycles. The maximum atomic E-state index is 9.68. The number of unbranched alkanes of at least 4 members (excludes halogenated alkanes) is 1. The van der Waals surface area contributed by atoms with Crippen LogP contribution in [0.3, 0.4) is 0 Å². The average molecular weight is 287 g/mol. The van der Waals surface area contributed by atoms with E-state index in [9.17, 15) is 5.11 Å². The van der Waals surface area contributed by atoms with Gasteiger partial charge in [0.15, 0.2) is 5.82 Å². The topological polar surface area (TPSA) is 89.6 Å². The van der Waals surface area contributed by atoms with Gasteiger partial charge in [0.25, 0.3) is 0 Å². The number of aromatic nitrogens is 2. The molecule has 20 heavy (non-hydrogen) atoms. The van der Waals surface area contributed by atoms with Crippen molar-refractivity contribution in [2.24, 2.45) is 0 Å². The van der Waals surface area contributed by atoms with E-state index in [1.807, 2.05) is 0 Å². The summed E-state index contributed by atoms with van der Waals surface area (Å²) in [6.45, 7) is 6.87. The molecule has 0 spiro atoms. The first-order valence-electron chi connectivity index (χ1n) is 7.05. The second kappa shape index (κ2) is 10.7. The summed E-state index contributed by atoms with van der Waals surface area (Å²) in [5.74, 6) is 1.12. The Balaban J connectivity index is 1.91. The SMILES string of the molecule is CCCCOCCOCC(O)CNCc1nc(C)no1. The third-order valence-electron chi connectivity index (χ3n) is 2.55. The molecule has 0 aliphatic rings. The van der Waals surface area contributed by atoms with Crippen LogP contribution in [-0.2, 0) is 16.0 Å². The van der Waals surface area contributed by atoms with E-state index in [0.29, 0.717) is 38.0 Å². The lowest BCUT2D eigenvalue weighted by Crippen LogP contribution is -2.30. The minimum absolute atomic E-state index is 0.285. The third-order valence-corrected chi connectivity index (χ3v) is 2.55. The van der Waals surface area contributed by atoms with Crippen LogP contribution in [0.15, 0.2) is 4.52 Å². The molecule has 0 aliphatic carbocycles. The molecule has 0 saturated heterocycles. The van der Waals surface area contributed by atoms with Crippen LogP contribution in [0.2, 0.25) is 0 Å². The number of ether oxygens (including phenoxy) is 2. The lowest BCUT2D eigenvalue weighted by molar-refractivity contribution is 0.00370. The second-order valence-electron chi connectivity index (χ2n) is 4.56. The van der Waals surface area contributed by atoms with Crippen molar-refractivity contribution in [2.75, 3.05) is 33.0 Å². The van der Waals surface area contributed by atoms with E-state index >= 15 is 0 Å². The molecule has 116 valence electrons. The van der Waals surface area contributed by atoms with Gasteiger partial charge in [-0.05, 0) is 13.3 Å². The van der Waals surface area contributed by atoms with Gasteiger partial charge in [-0.3, -0.25) is 0 Å². The summed E-state index contributed by atoms with van der Waals surface area (Å²) in [5.41, 5.74) is 0. The number of aryl methyl sites for hydroxylation is 1. The molecule has 0 aromatic carbocycles. The molecule has 7 nitrogen and oxygen atoms in total. The van der Waals surface area contributed by atoms with E-state index in [-0.39, 0.29) is 6.61 Å². The Hall–Kier alpha value is -1.02. The Morgan fingerprint density at radius 1 is 1.30 bits per heavy atom. The van der Waals surface area contributed by atoms with Crippen LogP contribution in [-0.4, -0.2) is 54.3 Å². The maximum Gasteiger partial charge on any atom is 0.240 e. The molecular formula is C13H25N3O4. The van der Waals surface area contributed by atoms with Gasteiger partial charge in [0.1, 0.15) is 0 Å². The fourth-order valence-electron chi connectivity index (χ4n) is 1.50. The first-order chi connectivity index (χ1) is 9.72. The number of aliphatic hydroxyl groups excluding tert-OH is 1. The van der Waals surface area contributed by atoms with Gasteiger partial charge in [-0.1, -0.05) is 18.5 Å². The van der Waals surface area contributed by atoms with Crippen molar-refractivity contribution >= 4 is 0 Å². The quantitative estimate of drug-likeness (QED) is 0.546. The number of hydrogen-bond acceptors (Lipinski definition) is 7. The largest absolute Gasteiger partial charge is 0.389 e. The molecule has 0 bridgehead atoms. The van der Waals surface area contributed by atoms with Crippen LogP contribution >= 0.6 is 0 Å². The Bertz CT molecular complexity index is 346. The first-order valence-corrected chi connectivity index (χ1v) is 7.05. The maximum absolute atomic E-state index is 9.68. The predicted octanol–water partition coefficient (Wildman–Crippen LogP) is 0.662. The number of nitrogens with one attached hydrogen (secondary N) is 1. The lowest BCUT2D eigenvalue weighted by Gasteiger charge is -2.11. The number of nitrogens with zero attached hydrogens (tertiary/aromatic N) is 2. The van der Waals surface area contributed by atoms with Gasteiger partial charge in [-0.25, -0.2) is 0 Å². The van der Waals surface area contributed by atoms with E-state index in [2.05, 4.69) is 22.4 Å². The summed E-state index contributed by atoms with van der Waals surface area (Å²) in [6, 6.07) is 0. The molecule has 0 aliphatic heterocycles. The Morgan fingerprint density at radius 3 is 2.80 bits per heavy atom.